The van der Waals surface area contributed by atoms with Crippen molar-refractivity contribution in [1.29, 1.82) is 0 Å². The summed E-state index contributed by atoms with van der Waals surface area (Å²) < 4.78 is 23.0. The van der Waals surface area contributed by atoms with Crippen LogP contribution in [0, 0.1) is 0 Å². The number of carbonyl (C=O) groups excluding carboxylic acids is 1. The fraction of sp³-hybridized carbons (Fsp3) is 0.429. The Hall–Kier alpha value is -2.98. The first-order chi connectivity index (χ1) is 18.1. The van der Waals surface area contributed by atoms with Crippen molar-refractivity contribution in [3.05, 3.63) is 63.3 Å². The molecule has 0 radical (unpaired) electrons. The molecule has 2 heterocycles. The molecular weight excluding hydrogens is 492 g/mol. The second-order valence-electron chi connectivity index (χ2n) is 8.66. The third-order valence-corrected chi connectivity index (χ3v) is 7.21. The van der Waals surface area contributed by atoms with E-state index in [-0.39, 0.29) is 5.78 Å². The van der Waals surface area contributed by atoms with Crippen LogP contribution in [0.5, 0.6) is 11.5 Å². The van der Waals surface area contributed by atoms with Crippen molar-refractivity contribution in [3.63, 3.8) is 0 Å². The summed E-state index contributed by atoms with van der Waals surface area (Å²) in [5, 5.41) is 0. The van der Waals surface area contributed by atoms with Crippen LogP contribution in [0.15, 0.2) is 51.7 Å². The van der Waals surface area contributed by atoms with Crippen molar-refractivity contribution in [1.82, 2.24) is 9.80 Å². The van der Waals surface area contributed by atoms with Crippen molar-refractivity contribution in [2.45, 2.75) is 13.8 Å². The summed E-state index contributed by atoms with van der Waals surface area (Å²) in [6, 6.07) is 11.0. The van der Waals surface area contributed by atoms with Gasteiger partial charge in [-0.25, -0.2) is 4.79 Å². The summed E-state index contributed by atoms with van der Waals surface area (Å²) in [5.74, 6) is 0.996. The first-order valence-corrected chi connectivity index (χ1v) is 13.6. The van der Waals surface area contributed by atoms with Crippen LogP contribution < -0.4 is 14.4 Å². The third-order valence-electron chi connectivity index (χ3n) is 6.36. The highest BCUT2D eigenvalue weighted by Gasteiger charge is 2.19. The van der Waals surface area contributed by atoms with Crippen molar-refractivity contribution in [3.8, 4) is 11.5 Å². The van der Waals surface area contributed by atoms with Crippen molar-refractivity contribution in [2.24, 2.45) is 0 Å². The lowest BCUT2D eigenvalue weighted by atomic mass is 10.1. The van der Waals surface area contributed by atoms with Crippen LogP contribution in [0.2, 0.25) is 0 Å². The Bertz CT molecular complexity index is 1240. The molecule has 0 spiro atoms. The fourth-order valence-corrected chi connectivity index (χ4v) is 4.96. The van der Waals surface area contributed by atoms with E-state index in [4.69, 9.17) is 18.6 Å². The molecule has 1 fully saturated rings. The third kappa shape index (κ3) is 7.52. The molecule has 37 heavy (non-hydrogen) atoms. The Labute approximate surface area is 221 Å². The number of fused-ring (bicyclic) bond motifs is 1. The van der Waals surface area contributed by atoms with Gasteiger partial charge in [0.05, 0.1) is 23.5 Å². The Kier molecular flexibility index (Phi) is 9.90. The molecule has 2 aromatic carbocycles. The number of carbonyl (C=O) groups is 1. The normalized spacial score (nSPS) is 14.6. The van der Waals surface area contributed by atoms with E-state index < -0.39 is 4.94 Å². The van der Waals surface area contributed by atoms with Crippen LogP contribution >= 0.6 is 11.3 Å². The van der Waals surface area contributed by atoms with Gasteiger partial charge in [0.1, 0.15) is 24.7 Å². The van der Waals surface area contributed by atoms with Crippen LogP contribution in [-0.4, -0.2) is 81.3 Å². The quantitative estimate of drug-likeness (QED) is 0.242. The molecule has 0 N–H and O–H groups in total. The second kappa shape index (κ2) is 13.5. The van der Waals surface area contributed by atoms with Crippen LogP contribution in [-0.2, 0) is 4.74 Å². The van der Waals surface area contributed by atoms with E-state index in [1.165, 1.54) is 6.08 Å². The molecule has 3 aromatic rings. The van der Waals surface area contributed by atoms with Crippen LogP contribution in [0.4, 0.5) is 0 Å². The van der Waals surface area contributed by atoms with E-state index >= 15 is 0 Å². The standard InChI is InChI=1S/C28H34N2O6S/c1-3-29(4-2)15-20-35-24-11-12-25-27(37-28(32)36-25)26(24)23(31)10-7-21-5-8-22(9-6-21)34-19-16-30-13-17-33-18-14-30/h5-12H,3-4,13-20H2,1-2H3/b10-7+. The van der Waals surface area contributed by atoms with Gasteiger partial charge in [0, 0.05) is 26.2 Å². The average molecular weight is 527 g/mol. The van der Waals surface area contributed by atoms with E-state index in [0.717, 1.165) is 75.1 Å². The molecule has 198 valence electrons. The zero-order valence-corrected chi connectivity index (χ0v) is 22.3. The van der Waals surface area contributed by atoms with Gasteiger partial charge in [-0.2, -0.15) is 0 Å². The Morgan fingerprint density at radius 1 is 1.05 bits per heavy atom. The van der Waals surface area contributed by atoms with Gasteiger partial charge in [-0.05, 0) is 49.0 Å². The molecule has 0 atom stereocenters. The minimum absolute atomic E-state index is 0.244. The maximum Gasteiger partial charge on any atom is 0.396 e. The summed E-state index contributed by atoms with van der Waals surface area (Å²) in [6.45, 7) is 12.1. The Balaban J connectivity index is 1.41. The first-order valence-electron chi connectivity index (χ1n) is 12.7. The molecule has 0 bridgehead atoms. The fourth-order valence-electron chi connectivity index (χ4n) is 4.15. The number of hydrogen-bond acceptors (Lipinski definition) is 9. The molecule has 9 heteroatoms. The predicted molar refractivity (Wildman–Crippen MR) is 146 cm³/mol. The lowest BCUT2D eigenvalue weighted by Crippen LogP contribution is -2.38. The smallest absolute Gasteiger partial charge is 0.396 e. The second-order valence-corrected chi connectivity index (χ2v) is 9.61. The molecule has 0 unspecified atom stereocenters. The van der Waals surface area contributed by atoms with E-state index in [9.17, 15) is 9.59 Å². The zero-order valence-electron chi connectivity index (χ0n) is 21.4. The minimum atomic E-state index is -0.447. The monoisotopic (exact) mass is 526 g/mol. The number of hydrogen-bond donors (Lipinski definition) is 0. The summed E-state index contributed by atoms with van der Waals surface area (Å²) in [6.07, 6.45) is 3.26. The highest BCUT2D eigenvalue weighted by Crippen LogP contribution is 2.31. The minimum Gasteiger partial charge on any atom is -0.492 e. The number of nitrogens with zero attached hydrogens (tertiary/aromatic N) is 2. The van der Waals surface area contributed by atoms with Gasteiger partial charge in [-0.15, -0.1) is 0 Å². The molecule has 1 aliphatic heterocycles. The van der Waals surface area contributed by atoms with Gasteiger partial charge in [0.25, 0.3) is 0 Å². The van der Waals surface area contributed by atoms with E-state index in [1.807, 2.05) is 24.3 Å². The summed E-state index contributed by atoms with van der Waals surface area (Å²) in [5.41, 5.74) is 1.61. The maximum atomic E-state index is 13.3. The van der Waals surface area contributed by atoms with Crippen LogP contribution in [0.25, 0.3) is 16.4 Å². The molecule has 0 amide bonds. The summed E-state index contributed by atoms with van der Waals surface area (Å²) >= 11 is 0.917. The van der Waals surface area contributed by atoms with E-state index in [1.54, 1.807) is 18.2 Å². The predicted octanol–water partition coefficient (Wildman–Crippen LogP) is 4.18. The maximum absolute atomic E-state index is 13.3. The topological polar surface area (TPSA) is 81.5 Å². The first kappa shape index (κ1) is 27.1. The molecule has 1 aliphatic rings. The molecule has 1 saturated heterocycles. The molecular formula is C28H34N2O6S. The highest BCUT2D eigenvalue weighted by atomic mass is 32.1. The van der Waals surface area contributed by atoms with Crippen molar-refractivity contribution in [2.75, 3.05) is 65.7 Å². The molecule has 0 saturated carbocycles. The van der Waals surface area contributed by atoms with Gasteiger partial charge in [-0.1, -0.05) is 43.4 Å². The van der Waals surface area contributed by atoms with Crippen LogP contribution in [0.1, 0.15) is 29.8 Å². The number of ketones is 1. The van der Waals surface area contributed by atoms with Gasteiger partial charge in [0.15, 0.2) is 11.4 Å². The number of benzene rings is 2. The lowest BCUT2D eigenvalue weighted by Gasteiger charge is -2.26. The summed E-state index contributed by atoms with van der Waals surface area (Å²) in [7, 11) is 0. The summed E-state index contributed by atoms with van der Waals surface area (Å²) in [4.78, 5) is 29.3. The van der Waals surface area contributed by atoms with Crippen molar-refractivity contribution >= 4 is 33.5 Å². The van der Waals surface area contributed by atoms with Gasteiger partial charge in [0.2, 0.25) is 0 Å². The zero-order chi connectivity index (χ0) is 26.0. The van der Waals surface area contributed by atoms with Gasteiger partial charge in [-0.3, -0.25) is 9.69 Å². The van der Waals surface area contributed by atoms with E-state index in [2.05, 4.69) is 23.6 Å². The number of ether oxygens (including phenoxy) is 3. The Morgan fingerprint density at radius 3 is 2.54 bits per heavy atom. The van der Waals surface area contributed by atoms with Gasteiger partial charge >= 0.3 is 4.94 Å². The molecule has 1 aromatic heterocycles. The average Bonchev–Trinajstić information content (AvgIpc) is 3.31. The SMILES string of the molecule is CCN(CC)CCOc1ccc2oc(=O)sc2c1C(=O)/C=C/c1ccc(OCCN2CCOCC2)cc1. The van der Waals surface area contributed by atoms with Crippen LogP contribution in [0.3, 0.4) is 0 Å². The van der Waals surface area contributed by atoms with Gasteiger partial charge < -0.3 is 23.5 Å². The highest BCUT2D eigenvalue weighted by molar-refractivity contribution is 7.16. The number of likely N-dealkylation sites (N-methyl/N-ethyl adjacent to an activating group) is 1. The lowest BCUT2D eigenvalue weighted by molar-refractivity contribution is 0.0322. The molecule has 0 aliphatic carbocycles. The largest absolute Gasteiger partial charge is 0.492 e. The molecule has 4 rings (SSSR count). The van der Waals surface area contributed by atoms with Crippen molar-refractivity contribution < 1.29 is 23.4 Å². The van der Waals surface area contributed by atoms with E-state index in [0.29, 0.717) is 34.8 Å². The molecule has 8 nitrogen and oxygen atoms in total. The number of rotatable bonds is 13. The number of allylic oxidation sites excluding steroid dienone is 1. The Morgan fingerprint density at radius 2 is 1.81 bits per heavy atom. The number of morpholine rings is 1.